The fraction of sp³-hybridized carbons (Fsp3) is 0.267. The second kappa shape index (κ2) is 7.77. The number of aromatic nitrogens is 2. The molecule has 23 heavy (non-hydrogen) atoms. The van der Waals surface area contributed by atoms with Gasteiger partial charge in [-0.2, -0.15) is 5.10 Å². The Morgan fingerprint density at radius 3 is 2.57 bits per heavy atom. The van der Waals surface area contributed by atoms with Crippen molar-refractivity contribution in [3.63, 3.8) is 0 Å². The number of rotatable bonds is 5. The van der Waals surface area contributed by atoms with Gasteiger partial charge in [0.15, 0.2) is 12.3 Å². The molecule has 0 aliphatic heterocycles. The highest BCUT2D eigenvalue weighted by Gasteiger charge is 2.13. The molecule has 1 heterocycles. The molecule has 2 amide bonds. The highest BCUT2D eigenvalue weighted by Crippen LogP contribution is 2.15. The number of aromatic amines is 1. The van der Waals surface area contributed by atoms with E-state index in [1.165, 1.54) is 0 Å². The lowest BCUT2D eigenvalue weighted by atomic mass is 10.1. The summed E-state index contributed by atoms with van der Waals surface area (Å²) in [5.74, 6) is -0.174. The van der Waals surface area contributed by atoms with Crippen molar-refractivity contribution < 1.29 is 14.3 Å². The Morgan fingerprint density at radius 1 is 1.26 bits per heavy atom. The molecule has 3 N–H and O–H groups in total. The van der Waals surface area contributed by atoms with Crippen LogP contribution >= 0.6 is 15.9 Å². The number of hydrogen-bond acceptors (Lipinski definition) is 4. The van der Waals surface area contributed by atoms with E-state index in [1.54, 1.807) is 30.3 Å². The molecule has 0 bridgehead atoms. The van der Waals surface area contributed by atoms with Crippen LogP contribution in [0, 0.1) is 0 Å². The number of benzene rings is 1. The Bertz CT molecular complexity index is 682. The highest BCUT2D eigenvalue weighted by molar-refractivity contribution is 9.10. The van der Waals surface area contributed by atoms with Gasteiger partial charge in [-0.1, -0.05) is 29.8 Å². The fourth-order valence-corrected chi connectivity index (χ4v) is 1.92. The summed E-state index contributed by atoms with van der Waals surface area (Å²) in [6.45, 7) is 3.76. The monoisotopic (exact) mass is 380 g/mol. The molecular formula is C15H17BrN4O3. The molecule has 0 saturated heterocycles. The van der Waals surface area contributed by atoms with Gasteiger partial charge < -0.3 is 4.74 Å². The Morgan fingerprint density at radius 2 is 1.96 bits per heavy atom. The summed E-state index contributed by atoms with van der Waals surface area (Å²) in [5.41, 5.74) is 5.62. The lowest BCUT2D eigenvalue weighted by molar-refractivity contribution is -0.123. The van der Waals surface area contributed by atoms with Crippen LogP contribution in [0.25, 0.3) is 0 Å². The van der Waals surface area contributed by atoms with Crippen molar-refractivity contribution in [2.75, 3.05) is 6.61 Å². The first-order chi connectivity index (χ1) is 11.0. The van der Waals surface area contributed by atoms with Crippen LogP contribution in [0.2, 0.25) is 0 Å². The van der Waals surface area contributed by atoms with Gasteiger partial charge in [0, 0.05) is 10.2 Å². The van der Waals surface area contributed by atoms with E-state index in [2.05, 4.69) is 37.0 Å². The third kappa shape index (κ3) is 5.10. The quantitative estimate of drug-likeness (QED) is 0.692. The average Bonchev–Trinajstić information content (AvgIpc) is 3.02. The van der Waals surface area contributed by atoms with E-state index in [1.807, 2.05) is 13.8 Å². The molecule has 0 aliphatic carbocycles. The predicted octanol–water partition coefficient (Wildman–Crippen LogP) is 2.14. The zero-order chi connectivity index (χ0) is 16.8. The fourth-order valence-electron chi connectivity index (χ4n) is 1.66. The third-order valence-electron chi connectivity index (χ3n) is 2.95. The topological polar surface area (TPSA) is 96.1 Å². The minimum Gasteiger partial charge on any atom is -0.484 e. The number of carbonyl (C=O) groups excluding carboxylic acids is 2. The van der Waals surface area contributed by atoms with Crippen LogP contribution < -0.4 is 15.6 Å². The molecule has 0 atom stereocenters. The standard InChI is InChI=1S/C15H17BrN4O3/c1-9(2)12-7-13(18-17-12)15(22)20-19-14(21)8-23-11-5-3-10(16)4-6-11/h3-7,9H,8H2,1-2H3,(H,17,18)(H,19,21)(H,20,22). The molecule has 2 rings (SSSR count). The summed E-state index contributed by atoms with van der Waals surface area (Å²) < 4.78 is 6.21. The summed E-state index contributed by atoms with van der Waals surface area (Å²) in [6.07, 6.45) is 0. The van der Waals surface area contributed by atoms with E-state index in [-0.39, 0.29) is 18.2 Å². The summed E-state index contributed by atoms with van der Waals surface area (Å²) in [5, 5.41) is 6.67. The number of hydrazine groups is 1. The molecule has 1 aromatic carbocycles. The van der Waals surface area contributed by atoms with Crippen molar-refractivity contribution in [1.29, 1.82) is 0 Å². The van der Waals surface area contributed by atoms with Gasteiger partial charge in [-0.3, -0.25) is 25.5 Å². The number of carbonyl (C=O) groups is 2. The van der Waals surface area contributed by atoms with Crippen molar-refractivity contribution in [3.05, 3.63) is 46.2 Å². The number of hydrogen-bond donors (Lipinski definition) is 3. The molecule has 0 unspecified atom stereocenters. The molecule has 8 heteroatoms. The predicted molar refractivity (Wildman–Crippen MR) is 87.9 cm³/mol. The maximum absolute atomic E-state index is 11.8. The van der Waals surface area contributed by atoms with E-state index in [0.29, 0.717) is 5.75 Å². The van der Waals surface area contributed by atoms with E-state index in [0.717, 1.165) is 10.2 Å². The maximum atomic E-state index is 11.8. The van der Waals surface area contributed by atoms with Crippen molar-refractivity contribution in [1.82, 2.24) is 21.0 Å². The Kier molecular flexibility index (Phi) is 5.75. The van der Waals surface area contributed by atoms with Crippen molar-refractivity contribution in [3.8, 4) is 5.75 Å². The van der Waals surface area contributed by atoms with Gasteiger partial charge in [0.05, 0.1) is 0 Å². The lowest BCUT2D eigenvalue weighted by Crippen LogP contribution is -2.44. The number of amides is 2. The van der Waals surface area contributed by atoms with Crippen molar-refractivity contribution in [2.24, 2.45) is 0 Å². The first-order valence-electron chi connectivity index (χ1n) is 6.98. The Hall–Kier alpha value is -2.35. The van der Waals surface area contributed by atoms with Crippen LogP contribution in [0.15, 0.2) is 34.8 Å². The van der Waals surface area contributed by atoms with Gasteiger partial charge in [0.2, 0.25) is 0 Å². The Balaban J connectivity index is 1.77. The second-order valence-electron chi connectivity index (χ2n) is 5.11. The molecule has 7 nitrogen and oxygen atoms in total. The molecule has 0 radical (unpaired) electrons. The lowest BCUT2D eigenvalue weighted by Gasteiger charge is -2.08. The van der Waals surface area contributed by atoms with Crippen LogP contribution in [0.5, 0.6) is 5.75 Å². The van der Waals surface area contributed by atoms with E-state index in [4.69, 9.17) is 4.74 Å². The second-order valence-corrected chi connectivity index (χ2v) is 6.02. The van der Waals surface area contributed by atoms with E-state index >= 15 is 0 Å². The van der Waals surface area contributed by atoms with E-state index in [9.17, 15) is 9.59 Å². The maximum Gasteiger partial charge on any atom is 0.290 e. The number of ether oxygens (including phenoxy) is 1. The zero-order valence-electron chi connectivity index (χ0n) is 12.7. The first-order valence-corrected chi connectivity index (χ1v) is 7.78. The molecule has 0 aliphatic rings. The van der Waals surface area contributed by atoms with E-state index < -0.39 is 11.8 Å². The van der Waals surface area contributed by atoms with Gasteiger partial charge >= 0.3 is 0 Å². The minimum absolute atomic E-state index is 0.209. The van der Waals surface area contributed by atoms with Crippen molar-refractivity contribution in [2.45, 2.75) is 19.8 Å². The van der Waals surface area contributed by atoms with Gasteiger partial charge in [-0.15, -0.1) is 0 Å². The van der Waals surface area contributed by atoms with Gasteiger partial charge in [-0.05, 0) is 36.2 Å². The molecular weight excluding hydrogens is 364 g/mol. The summed E-state index contributed by atoms with van der Waals surface area (Å²) in [6, 6.07) is 8.71. The molecule has 122 valence electrons. The molecule has 0 spiro atoms. The van der Waals surface area contributed by atoms with Crippen molar-refractivity contribution >= 4 is 27.7 Å². The molecule has 0 fully saturated rings. The first kappa shape index (κ1) is 17.0. The van der Waals surface area contributed by atoms with Crippen LogP contribution in [-0.4, -0.2) is 28.6 Å². The third-order valence-corrected chi connectivity index (χ3v) is 3.48. The van der Waals surface area contributed by atoms with Crippen LogP contribution in [0.3, 0.4) is 0 Å². The molecule has 2 aromatic rings. The van der Waals surface area contributed by atoms with Crippen LogP contribution in [0.1, 0.15) is 35.9 Å². The number of nitrogens with zero attached hydrogens (tertiary/aromatic N) is 1. The Labute approximate surface area is 141 Å². The number of H-pyrrole nitrogens is 1. The number of nitrogens with one attached hydrogen (secondary N) is 3. The summed E-state index contributed by atoms with van der Waals surface area (Å²) in [7, 11) is 0. The SMILES string of the molecule is CC(C)c1cc(C(=O)NNC(=O)COc2ccc(Br)cc2)n[nH]1. The normalized spacial score (nSPS) is 10.4. The largest absolute Gasteiger partial charge is 0.484 e. The zero-order valence-corrected chi connectivity index (χ0v) is 14.3. The van der Waals surface area contributed by atoms with Gasteiger partial charge in [0.25, 0.3) is 11.8 Å². The van der Waals surface area contributed by atoms with Gasteiger partial charge in [-0.25, -0.2) is 0 Å². The number of halogens is 1. The molecule has 1 aromatic heterocycles. The smallest absolute Gasteiger partial charge is 0.290 e. The highest BCUT2D eigenvalue weighted by atomic mass is 79.9. The van der Waals surface area contributed by atoms with Crippen LogP contribution in [0.4, 0.5) is 0 Å². The summed E-state index contributed by atoms with van der Waals surface area (Å²) in [4.78, 5) is 23.5. The summed E-state index contributed by atoms with van der Waals surface area (Å²) >= 11 is 3.31. The minimum atomic E-state index is -0.495. The van der Waals surface area contributed by atoms with Gasteiger partial charge in [0.1, 0.15) is 5.75 Å². The molecule has 0 saturated carbocycles. The van der Waals surface area contributed by atoms with Crippen LogP contribution in [-0.2, 0) is 4.79 Å². The average molecular weight is 381 g/mol.